The zero-order valence-electron chi connectivity index (χ0n) is 14.5. The number of hydrogen-bond donors (Lipinski definition) is 2. The first-order chi connectivity index (χ1) is 11.5. The fourth-order valence-electron chi connectivity index (χ4n) is 2.57. The first-order valence-corrected chi connectivity index (χ1v) is 8.37. The van der Waals surface area contributed by atoms with Crippen molar-refractivity contribution in [2.24, 2.45) is 0 Å². The number of amides is 1. The van der Waals surface area contributed by atoms with Gasteiger partial charge in [-0.1, -0.05) is 49.4 Å². The quantitative estimate of drug-likeness (QED) is 0.813. The first kappa shape index (κ1) is 18.1. The zero-order valence-corrected chi connectivity index (χ0v) is 14.5. The Labute approximate surface area is 143 Å². The Morgan fingerprint density at radius 1 is 1.08 bits per heavy atom. The van der Waals surface area contributed by atoms with Gasteiger partial charge in [-0.2, -0.15) is 0 Å². The van der Waals surface area contributed by atoms with Crippen LogP contribution >= 0.6 is 0 Å². The van der Waals surface area contributed by atoms with Crippen molar-refractivity contribution >= 4 is 5.91 Å². The van der Waals surface area contributed by atoms with Crippen molar-refractivity contribution in [1.82, 2.24) is 10.6 Å². The molecule has 2 atom stereocenters. The molecule has 128 valence electrons. The number of rotatable bonds is 7. The van der Waals surface area contributed by atoms with E-state index in [1.54, 1.807) is 18.2 Å². The lowest BCUT2D eigenvalue weighted by atomic mass is 10.0. The van der Waals surface area contributed by atoms with Crippen molar-refractivity contribution in [1.29, 1.82) is 0 Å². The third-order valence-corrected chi connectivity index (χ3v) is 4.19. The number of halogens is 1. The number of carbonyl (C=O) groups excluding carboxylic acids is 1. The molecule has 4 heteroatoms. The second-order valence-electron chi connectivity index (χ2n) is 6.01. The molecular formula is C20H25FN2O. The van der Waals surface area contributed by atoms with Gasteiger partial charge in [-0.15, -0.1) is 0 Å². The third kappa shape index (κ3) is 4.90. The second kappa shape index (κ2) is 8.60. The summed E-state index contributed by atoms with van der Waals surface area (Å²) in [6, 6.07) is 14.5. The van der Waals surface area contributed by atoms with Crippen LogP contribution in [0.1, 0.15) is 43.5 Å². The van der Waals surface area contributed by atoms with Gasteiger partial charge in [-0.05, 0) is 37.5 Å². The number of aryl methyl sites for hydroxylation is 1. The van der Waals surface area contributed by atoms with E-state index in [1.807, 2.05) is 13.8 Å². The molecule has 2 N–H and O–H groups in total. The summed E-state index contributed by atoms with van der Waals surface area (Å²) in [5.74, 6) is -0.446. The van der Waals surface area contributed by atoms with Gasteiger partial charge in [0.1, 0.15) is 5.82 Å². The Hall–Kier alpha value is -2.20. The number of hydrogen-bond acceptors (Lipinski definition) is 2. The standard InChI is InChI=1S/C20H25FN2O/c1-4-16-9-11-17(12-10-16)14(2)23-15(3)20(24)22-13-18-7-5-6-8-19(18)21/h5-12,14-15,23H,4,13H2,1-3H3,(H,22,24). The van der Waals surface area contributed by atoms with E-state index in [4.69, 9.17) is 0 Å². The Morgan fingerprint density at radius 3 is 2.38 bits per heavy atom. The zero-order chi connectivity index (χ0) is 17.5. The fourth-order valence-corrected chi connectivity index (χ4v) is 2.57. The van der Waals surface area contributed by atoms with Gasteiger partial charge in [0.2, 0.25) is 5.91 Å². The largest absolute Gasteiger partial charge is 0.351 e. The van der Waals surface area contributed by atoms with Gasteiger partial charge in [0.05, 0.1) is 6.04 Å². The Bertz CT molecular complexity index is 670. The van der Waals surface area contributed by atoms with Crippen molar-refractivity contribution in [2.45, 2.75) is 45.8 Å². The monoisotopic (exact) mass is 328 g/mol. The van der Waals surface area contributed by atoms with Crippen LogP contribution in [0.3, 0.4) is 0 Å². The summed E-state index contributed by atoms with van der Waals surface area (Å²) in [5, 5.41) is 6.05. The number of nitrogens with one attached hydrogen (secondary N) is 2. The number of carbonyl (C=O) groups is 1. The van der Waals surface area contributed by atoms with Crippen LogP contribution < -0.4 is 10.6 Å². The van der Waals surface area contributed by atoms with Crippen LogP contribution in [0.2, 0.25) is 0 Å². The maximum Gasteiger partial charge on any atom is 0.237 e. The van der Waals surface area contributed by atoms with E-state index < -0.39 is 0 Å². The highest BCUT2D eigenvalue weighted by Crippen LogP contribution is 2.14. The molecule has 0 heterocycles. The van der Waals surface area contributed by atoms with Crippen molar-refractivity contribution in [3.05, 3.63) is 71.0 Å². The summed E-state index contributed by atoms with van der Waals surface area (Å²) in [5.41, 5.74) is 2.92. The maximum atomic E-state index is 13.6. The molecule has 0 aromatic heterocycles. The maximum absolute atomic E-state index is 13.6. The van der Waals surface area contributed by atoms with E-state index >= 15 is 0 Å². The third-order valence-electron chi connectivity index (χ3n) is 4.19. The SMILES string of the molecule is CCc1ccc(C(C)NC(C)C(=O)NCc2ccccc2F)cc1. The van der Waals surface area contributed by atoms with E-state index in [-0.39, 0.29) is 30.4 Å². The number of benzene rings is 2. The summed E-state index contributed by atoms with van der Waals surface area (Å²) >= 11 is 0. The Kier molecular flexibility index (Phi) is 6.50. The minimum Gasteiger partial charge on any atom is -0.351 e. The molecule has 0 saturated carbocycles. The lowest BCUT2D eigenvalue weighted by Gasteiger charge is -2.20. The molecular weight excluding hydrogens is 303 g/mol. The lowest BCUT2D eigenvalue weighted by molar-refractivity contribution is -0.123. The Morgan fingerprint density at radius 2 is 1.75 bits per heavy atom. The fraction of sp³-hybridized carbons (Fsp3) is 0.350. The predicted molar refractivity (Wildman–Crippen MR) is 95.1 cm³/mol. The highest BCUT2D eigenvalue weighted by Gasteiger charge is 2.16. The van der Waals surface area contributed by atoms with Crippen LogP contribution in [0.4, 0.5) is 4.39 Å². The van der Waals surface area contributed by atoms with Crippen molar-refractivity contribution in [3.63, 3.8) is 0 Å². The van der Waals surface area contributed by atoms with Gasteiger partial charge >= 0.3 is 0 Å². The van der Waals surface area contributed by atoms with Gasteiger partial charge in [0.15, 0.2) is 0 Å². The molecule has 24 heavy (non-hydrogen) atoms. The van der Waals surface area contributed by atoms with E-state index in [0.717, 1.165) is 12.0 Å². The van der Waals surface area contributed by atoms with Crippen LogP contribution in [-0.4, -0.2) is 11.9 Å². The first-order valence-electron chi connectivity index (χ1n) is 8.37. The minimum absolute atomic E-state index is 0.0603. The normalized spacial score (nSPS) is 13.3. The molecule has 0 bridgehead atoms. The van der Waals surface area contributed by atoms with Gasteiger partial charge in [-0.3, -0.25) is 10.1 Å². The van der Waals surface area contributed by atoms with Crippen molar-refractivity contribution < 1.29 is 9.18 Å². The molecule has 2 rings (SSSR count). The van der Waals surface area contributed by atoms with E-state index in [1.165, 1.54) is 11.6 Å². The molecule has 1 amide bonds. The molecule has 0 aliphatic heterocycles. The van der Waals surface area contributed by atoms with E-state index in [0.29, 0.717) is 5.56 Å². The van der Waals surface area contributed by atoms with Crippen LogP contribution in [0.5, 0.6) is 0 Å². The predicted octanol–water partition coefficient (Wildman–Crippen LogP) is 3.74. The van der Waals surface area contributed by atoms with Crippen molar-refractivity contribution in [3.8, 4) is 0 Å². The van der Waals surface area contributed by atoms with Crippen LogP contribution in [0.15, 0.2) is 48.5 Å². The molecule has 0 spiro atoms. The topological polar surface area (TPSA) is 41.1 Å². The van der Waals surface area contributed by atoms with Gasteiger partial charge in [0, 0.05) is 18.2 Å². The van der Waals surface area contributed by atoms with Crippen molar-refractivity contribution in [2.75, 3.05) is 0 Å². The second-order valence-corrected chi connectivity index (χ2v) is 6.01. The van der Waals surface area contributed by atoms with Gasteiger partial charge in [-0.25, -0.2) is 4.39 Å². The summed E-state index contributed by atoms with van der Waals surface area (Å²) < 4.78 is 13.6. The summed E-state index contributed by atoms with van der Waals surface area (Å²) in [6.45, 7) is 6.16. The van der Waals surface area contributed by atoms with Crippen LogP contribution in [0.25, 0.3) is 0 Å². The molecule has 0 aliphatic rings. The molecule has 2 unspecified atom stereocenters. The molecule has 0 saturated heterocycles. The molecule has 0 aliphatic carbocycles. The molecule has 2 aromatic carbocycles. The average molecular weight is 328 g/mol. The summed E-state index contributed by atoms with van der Waals surface area (Å²) in [6.07, 6.45) is 1.01. The van der Waals surface area contributed by atoms with Crippen LogP contribution in [0, 0.1) is 5.82 Å². The average Bonchev–Trinajstić information content (AvgIpc) is 2.60. The smallest absolute Gasteiger partial charge is 0.237 e. The lowest BCUT2D eigenvalue weighted by Crippen LogP contribution is -2.42. The van der Waals surface area contributed by atoms with E-state index in [2.05, 4.69) is 41.8 Å². The summed E-state index contributed by atoms with van der Waals surface area (Å²) in [4.78, 5) is 12.2. The van der Waals surface area contributed by atoms with E-state index in [9.17, 15) is 9.18 Å². The molecule has 0 radical (unpaired) electrons. The molecule has 2 aromatic rings. The minimum atomic E-state index is -0.363. The Balaban J connectivity index is 1.87. The van der Waals surface area contributed by atoms with Gasteiger partial charge in [0.25, 0.3) is 0 Å². The highest BCUT2D eigenvalue weighted by atomic mass is 19.1. The molecule has 0 fully saturated rings. The van der Waals surface area contributed by atoms with Crippen LogP contribution in [-0.2, 0) is 17.8 Å². The highest BCUT2D eigenvalue weighted by molar-refractivity contribution is 5.81. The molecule has 3 nitrogen and oxygen atoms in total. The van der Waals surface area contributed by atoms with Gasteiger partial charge < -0.3 is 5.32 Å². The summed E-state index contributed by atoms with van der Waals surface area (Å²) in [7, 11) is 0.